The van der Waals surface area contributed by atoms with Crippen LogP contribution < -0.4 is 15.5 Å². The number of hydrogen-bond donors (Lipinski definition) is 2. The molecule has 0 saturated carbocycles. The van der Waals surface area contributed by atoms with E-state index in [1.807, 2.05) is 13.0 Å². The van der Waals surface area contributed by atoms with Gasteiger partial charge in [0, 0.05) is 6.54 Å². The van der Waals surface area contributed by atoms with Crippen LogP contribution in [0.1, 0.15) is 12.5 Å². The molecule has 114 valence electrons. The van der Waals surface area contributed by atoms with Crippen LogP contribution in [0.3, 0.4) is 0 Å². The Morgan fingerprint density at radius 2 is 2.29 bits per heavy atom. The van der Waals surface area contributed by atoms with Gasteiger partial charge in [-0.2, -0.15) is 5.10 Å². The minimum Gasteiger partial charge on any atom is -0.481 e. The molecule has 1 rings (SSSR count). The fourth-order valence-corrected chi connectivity index (χ4v) is 1.98. The van der Waals surface area contributed by atoms with E-state index in [0.29, 0.717) is 15.3 Å². The largest absolute Gasteiger partial charge is 0.481 e. The van der Waals surface area contributed by atoms with Crippen molar-refractivity contribution in [3.8, 4) is 5.75 Å². The van der Waals surface area contributed by atoms with E-state index in [1.165, 1.54) is 7.11 Å². The van der Waals surface area contributed by atoms with Crippen LogP contribution in [-0.2, 0) is 9.53 Å². The summed E-state index contributed by atoms with van der Waals surface area (Å²) in [5.74, 6) is 0.113. The Labute approximate surface area is 137 Å². The van der Waals surface area contributed by atoms with Gasteiger partial charge in [-0.15, -0.1) is 0 Å². The lowest BCUT2D eigenvalue weighted by molar-refractivity contribution is -0.142. The summed E-state index contributed by atoms with van der Waals surface area (Å²) in [6.07, 6.45) is 1.62. The molecule has 0 unspecified atom stereocenters. The third-order valence-corrected chi connectivity index (χ3v) is 3.10. The zero-order chi connectivity index (χ0) is 15.7. The lowest BCUT2D eigenvalue weighted by atomic mass is 10.2. The van der Waals surface area contributed by atoms with Crippen molar-refractivity contribution in [3.05, 3.63) is 28.2 Å². The Hall–Kier alpha value is -1.67. The molecule has 0 spiro atoms. The Morgan fingerprint density at radius 1 is 1.52 bits per heavy atom. The van der Waals surface area contributed by atoms with E-state index in [-0.39, 0.29) is 6.61 Å². The zero-order valence-electron chi connectivity index (χ0n) is 11.7. The number of carbonyl (C=O) groups is 1. The van der Waals surface area contributed by atoms with Crippen molar-refractivity contribution in [2.24, 2.45) is 5.10 Å². The molecule has 0 aliphatic rings. The van der Waals surface area contributed by atoms with Gasteiger partial charge in [0.1, 0.15) is 5.75 Å². The summed E-state index contributed by atoms with van der Waals surface area (Å²) in [4.78, 5) is 11.0. The summed E-state index contributed by atoms with van der Waals surface area (Å²) in [6.45, 7) is 2.54. The number of hydrogen-bond acceptors (Lipinski definition) is 5. The van der Waals surface area contributed by atoms with E-state index in [0.717, 1.165) is 12.1 Å². The van der Waals surface area contributed by atoms with Gasteiger partial charge in [0.05, 0.1) is 17.8 Å². The van der Waals surface area contributed by atoms with Crippen molar-refractivity contribution >= 4 is 45.4 Å². The highest BCUT2D eigenvalue weighted by atomic mass is 79.9. The molecule has 6 nitrogen and oxygen atoms in total. The molecule has 0 bridgehead atoms. The van der Waals surface area contributed by atoms with Crippen molar-refractivity contribution in [2.75, 3.05) is 20.3 Å². The van der Waals surface area contributed by atoms with Gasteiger partial charge in [-0.25, -0.2) is 4.79 Å². The SMILES string of the molecule is CCNC(=S)N/N=C\c1ccc(OCC(=O)OC)c(Br)c1. The second-order valence-corrected chi connectivity index (χ2v) is 5.05. The number of hydrazone groups is 1. The molecule has 21 heavy (non-hydrogen) atoms. The smallest absolute Gasteiger partial charge is 0.343 e. The monoisotopic (exact) mass is 373 g/mol. The van der Waals surface area contributed by atoms with Gasteiger partial charge >= 0.3 is 5.97 Å². The number of methoxy groups -OCH3 is 1. The Balaban J connectivity index is 2.59. The predicted octanol–water partition coefficient (Wildman–Crippen LogP) is 1.82. The molecule has 0 fully saturated rings. The quantitative estimate of drug-likeness (QED) is 0.343. The van der Waals surface area contributed by atoms with Crippen molar-refractivity contribution in [1.82, 2.24) is 10.7 Å². The van der Waals surface area contributed by atoms with E-state index < -0.39 is 5.97 Å². The minimum atomic E-state index is -0.436. The number of nitrogens with zero attached hydrogens (tertiary/aromatic N) is 1. The number of rotatable bonds is 6. The molecular formula is C13H16BrN3O3S. The second-order valence-electron chi connectivity index (χ2n) is 3.78. The molecule has 0 aliphatic carbocycles. The average Bonchev–Trinajstić information content (AvgIpc) is 2.46. The van der Waals surface area contributed by atoms with Crippen molar-refractivity contribution < 1.29 is 14.3 Å². The molecule has 2 N–H and O–H groups in total. The van der Waals surface area contributed by atoms with Gasteiger partial charge < -0.3 is 14.8 Å². The van der Waals surface area contributed by atoms with Crippen LogP contribution in [0.4, 0.5) is 0 Å². The normalized spacial score (nSPS) is 10.2. The van der Waals surface area contributed by atoms with E-state index in [1.54, 1.807) is 18.3 Å². The summed E-state index contributed by atoms with van der Waals surface area (Å²) in [6, 6.07) is 5.35. The third kappa shape index (κ3) is 6.54. The van der Waals surface area contributed by atoms with Crippen molar-refractivity contribution in [2.45, 2.75) is 6.92 Å². The first kappa shape index (κ1) is 17.4. The summed E-state index contributed by atoms with van der Waals surface area (Å²) in [7, 11) is 1.31. The number of benzene rings is 1. The Morgan fingerprint density at radius 3 is 2.90 bits per heavy atom. The number of carbonyl (C=O) groups excluding carboxylic acids is 1. The van der Waals surface area contributed by atoms with Crippen molar-refractivity contribution in [1.29, 1.82) is 0 Å². The van der Waals surface area contributed by atoms with Crippen LogP contribution in [0.25, 0.3) is 0 Å². The van der Waals surface area contributed by atoms with Crippen LogP contribution in [0.5, 0.6) is 5.75 Å². The lowest BCUT2D eigenvalue weighted by Gasteiger charge is -2.07. The van der Waals surface area contributed by atoms with Crippen molar-refractivity contribution in [3.63, 3.8) is 0 Å². The molecule has 0 heterocycles. The van der Waals surface area contributed by atoms with Gasteiger partial charge in [0.15, 0.2) is 11.7 Å². The number of thiocarbonyl (C=S) groups is 1. The molecule has 0 aromatic heterocycles. The van der Waals surface area contributed by atoms with Gasteiger partial charge in [0.25, 0.3) is 0 Å². The fourth-order valence-electron chi connectivity index (χ4n) is 1.28. The molecular weight excluding hydrogens is 358 g/mol. The maximum atomic E-state index is 11.0. The van der Waals surface area contributed by atoms with Gasteiger partial charge in [0.2, 0.25) is 0 Å². The standard InChI is InChI=1S/C13H16BrN3O3S/c1-3-15-13(21)17-16-7-9-4-5-11(10(14)6-9)20-8-12(18)19-2/h4-7H,3,8H2,1-2H3,(H2,15,17,21)/b16-7-. The third-order valence-electron chi connectivity index (χ3n) is 2.25. The fraction of sp³-hybridized carbons (Fsp3) is 0.308. The summed E-state index contributed by atoms with van der Waals surface area (Å²) < 4.78 is 10.5. The number of ether oxygens (including phenoxy) is 2. The molecule has 8 heteroatoms. The molecule has 0 saturated heterocycles. The zero-order valence-corrected chi connectivity index (χ0v) is 14.1. The van der Waals surface area contributed by atoms with Crippen LogP contribution in [0.15, 0.2) is 27.8 Å². The van der Waals surface area contributed by atoms with E-state index >= 15 is 0 Å². The Bertz CT molecular complexity index is 537. The van der Waals surface area contributed by atoms with E-state index in [9.17, 15) is 4.79 Å². The summed E-state index contributed by atoms with van der Waals surface area (Å²) >= 11 is 8.34. The van der Waals surface area contributed by atoms with Crippen LogP contribution in [0, 0.1) is 0 Å². The summed E-state index contributed by atoms with van der Waals surface area (Å²) in [5, 5.41) is 7.39. The minimum absolute atomic E-state index is 0.138. The van der Waals surface area contributed by atoms with E-state index in [4.69, 9.17) is 17.0 Å². The van der Waals surface area contributed by atoms with Gasteiger partial charge in [-0.05, 0) is 58.8 Å². The number of nitrogens with one attached hydrogen (secondary N) is 2. The highest BCUT2D eigenvalue weighted by molar-refractivity contribution is 9.10. The number of esters is 1. The summed E-state index contributed by atoms with van der Waals surface area (Å²) in [5.41, 5.74) is 3.54. The van der Waals surface area contributed by atoms with Crippen LogP contribution in [0.2, 0.25) is 0 Å². The molecule has 0 aliphatic heterocycles. The number of halogens is 1. The first-order valence-corrected chi connectivity index (χ1v) is 7.33. The highest BCUT2D eigenvalue weighted by Gasteiger charge is 2.05. The topological polar surface area (TPSA) is 72.0 Å². The molecule has 1 aromatic carbocycles. The molecule has 0 radical (unpaired) electrons. The average molecular weight is 374 g/mol. The van der Waals surface area contributed by atoms with Gasteiger partial charge in [-0.1, -0.05) is 0 Å². The van der Waals surface area contributed by atoms with E-state index in [2.05, 4.69) is 36.5 Å². The Kier molecular flexibility index (Phi) is 7.70. The molecule has 0 atom stereocenters. The van der Waals surface area contributed by atoms with Gasteiger partial charge in [-0.3, -0.25) is 5.43 Å². The van der Waals surface area contributed by atoms with Crippen LogP contribution >= 0.6 is 28.1 Å². The van der Waals surface area contributed by atoms with Crippen LogP contribution in [-0.4, -0.2) is 37.6 Å². The predicted molar refractivity (Wildman–Crippen MR) is 88.7 cm³/mol. The molecule has 0 amide bonds. The maximum Gasteiger partial charge on any atom is 0.343 e. The second kappa shape index (κ2) is 9.30. The maximum absolute atomic E-state index is 11.0. The highest BCUT2D eigenvalue weighted by Crippen LogP contribution is 2.25. The molecule has 1 aromatic rings. The first-order valence-electron chi connectivity index (χ1n) is 6.13. The first-order chi connectivity index (χ1) is 10.1. The lowest BCUT2D eigenvalue weighted by Crippen LogP contribution is -2.31.